The molecule has 1 aromatic carbocycles. The lowest BCUT2D eigenvalue weighted by Gasteiger charge is -2.39. The summed E-state index contributed by atoms with van der Waals surface area (Å²) in [5, 5.41) is 3.58. The SMILES string of the molecule is CNC1(C)CCN(Cc2cccc(Cl)c2F)CC1. The first kappa shape index (κ1) is 13.8. The minimum atomic E-state index is -0.277. The van der Waals surface area contributed by atoms with E-state index in [-0.39, 0.29) is 16.4 Å². The van der Waals surface area contributed by atoms with Crippen molar-refractivity contribution in [3.63, 3.8) is 0 Å². The van der Waals surface area contributed by atoms with Crippen molar-refractivity contribution in [3.8, 4) is 0 Å². The molecule has 0 spiro atoms. The minimum absolute atomic E-state index is 0.213. The van der Waals surface area contributed by atoms with Gasteiger partial charge in [-0.2, -0.15) is 0 Å². The van der Waals surface area contributed by atoms with Gasteiger partial charge in [-0.3, -0.25) is 4.90 Å². The smallest absolute Gasteiger partial charge is 0.146 e. The van der Waals surface area contributed by atoms with Gasteiger partial charge < -0.3 is 5.32 Å². The maximum atomic E-state index is 13.8. The monoisotopic (exact) mass is 270 g/mol. The molecule has 0 unspecified atom stereocenters. The molecule has 1 fully saturated rings. The first-order valence-corrected chi connectivity index (χ1v) is 6.76. The van der Waals surface area contributed by atoms with Crippen LogP contribution in [0.3, 0.4) is 0 Å². The van der Waals surface area contributed by atoms with Crippen molar-refractivity contribution in [1.29, 1.82) is 0 Å². The summed E-state index contributed by atoms with van der Waals surface area (Å²) in [6, 6.07) is 5.21. The number of likely N-dealkylation sites (tertiary alicyclic amines) is 1. The zero-order valence-electron chi connectivity index (χ0n) is 11.0. The Kier molecular flexibility index (Phi) is 4.25. The summed E-state index contributed by atoms with van der Waals surface area (Å²) in [6.45, 7) is 4.86. The fraction of sp³-hybridized carbons (Fsp3) is 0.571. The van der Waals surface area contributed by atoms with E-state index in [1.807, 2.05) is 19.2 Å². The largest absolute Gasteiger partial charge is 0.314 e. The predicted octanol–water partition coefficient (Wildman–Crippen LogP) is 3.05. The van der Waals surface area contributed by atoms with Crippen molar-refractivity contribution in [2.24, 2.45) is 0 Å². The average Bonchev–Trinajstić information content (AvgIpc) is 2.38. The molecule has 18 heavy (non-hydrogen) atoms. The van der Waals surface area contributed by atoms with Gasteiger partial charge in [-0.25, -0.2) is 4.39 Å². The molecule has 1 aliphatic heterocycles. The van der Waals surface area contributed by atoms with E-state index in [1.54, 1.807) is 6.07 Å². The highest BCUT2D eigenvalue weighted by Crippen LogP contribution is 2.24. The van der Waals surface area contributed by atoms with Crippen LogP contribution in [0.2, 0.25) is 5.02 Å². The molecule has 0 saturated carbocycles. The van der Waals surface area contributed by atoms with Gasteiger partial charge in [0.15, 0.2) is 0 Å². The molecule has 0 radical (unpaired) electrons. The van der Waals surface area contributed by atoms with Crippen LogP contribution in [0.1, 0.15) is 25.3 Å². The summed E-state index contributed by atoms with van der Waals surface area (Å²) in [5.74, 6) is -0.277. The summed E-state index contributed by atoms with van der Waals surface area (Å²) in [7, 11) is 2.01. The number of piperidine rings is 1. The molecule has 0 bridgehead atoms. The molecule has 0 aromatic heterocycles. The maximum Gasteiger partial charge on any atom is 0.146 e. The molecular formula is C14H20ClFN2. The van der Waals surface area contributed by atoms with Gasteiger partial charge >= 0.3 is 0 Å². The van der Waals surface area contributed by atoms with Gasteiger partial charge in [0.25, 0.3) is 0 Å². The van der Waals surface area contributed by atoms with Crippen LogP contribution in [0.5, 0.6) is 0 Å². The van der Waals surface area contributed by atoms with Crippen LogP contribution in [0.25, 0.3) is 0 Å². The second kappa shape index (κ2) is 5.55. The van der Waals surface area contributed by atoms with Crippen LogP contribution in [-0.4, -0.2) is 30.6 Å². The van der Waals surface area contributed by atoms with Gasteiger partial charge in [0, 0.05) is 30.7 Å². The molecule has 2 rings (SSSR count). The summed E-state index contributed by atoms with van der Waals surface area (Å²) in [5.41, 5.74) is 0.916. The first-order chi connectivity index (χ1) is 8.54. The highest BCUT2D eigenvalue weighted by Gasteiger charge is 2.28. The van der Waals surface area contributed by atoms with Crippen LogP contribution < -0.4 is 5.32 Å². The third-order valence-electron chi connectivity index (χ3n) is 3.99. The topological polar surface area (TPSA) is 15.3 Å². The third kappa shape index (κ3) is 3.02. The van der Waals surface area contributed by atoms with E-state index in [0.717, 1.165) is 25.9 Å². The minimum Gasteiger partial charge on any atom is -0.314 e. The number of nitrogens with one attached hydrogen (secondary N) is 1. The Hall–Kier alpha value is -0.640. The van der Waals surface area contributed by atoms with E-state index in [9.17, 15) is 4.39 Å². The molecule has 1 aliphatic rings. The van der Waals surface area contributed by atoms with Crippen LogP contribution >= 0.6 is 11.6 Å². The van der Waals surface area contributed by atoms with E-state index in [4.69, 9.17) is 11.6 Å². The number of rotatable bonds is 3. The van der Waals surface area contributed by atoms with Gasteiger partial charge in [0.05, 0.1) is 5.02 Å². The Labute approximate surface area is 113 Å². The maximum absolute atomic E-state index is 13.8. The fourth-order valence-corrected chi connectivity index (χ4v) is 2.56. The van der Waals surface area contributed by atoms with Crippen LogP contribution in [-0.2, 0) is 6.54 Å². The average molecular weight is 271 g/mol. The molecule has 1 saturated heterocycles. The highest BCUT2D eigenvalue weighted by molar-refractivity contribution is 6.30. The quantitative estimate of drug-likeness (QED) is 0.908. The van der Waals surface area contributed by atoms with Crippen LogP contribution in [0, 0.1) is 5.82 Å². The zero-order chi connectivity index (χ0) is 13.2. The van der Waals surface area contributed by atoms with Crippen molar-refractivity contribution in [2.75, 3.05) is 20.1 Å². The van der Waals surface area contributed by atoms with Gasteiger partial charge in [0.2, 0.25) is 0 Å². The number of benzene rings is 1. The number of nitrogens with zero attached hydrogens (tertiary/aromatic N) is 1. The Morgan fingerprint density at radius 2 is 2.06 bits per heavy atom. The molecule has 1 aromatic rings. The molecule has 0 amide bonds. The number of hydrogen-bond acceptors (Lipinski definition) is 2. The number of hydrogen-bond donors (Lipinski definition) is 1. The Morgan fingerprint density at radius 1 is 1.39 bits per heavy atom. The Balaban J connectivity index is 1.98. The van der Waals surface area contributed by atoms with Crippen molar-refractivity contribution in [2.45, 2.75) is 31.8 Å². The van der Waals surface area contributed by atoms with E-state index in [2.05, 4.69) is 17.1 Å². The first-order valence-electron chi connectivity index (χ1n) is 6.38. The molecule has 2 nitrogen and oxygen atoms in total. The number of halogens is 2. The van der Waals surface area contributed by atoms with E-state index in [1.165, 1.54) is 0 Å². The molecule has 1 N–H and O–H groups in total. The molecule has 1 heterocycles. The molecule has 0 atom stereocenters. The van der Waals surface area contributed by atoms with Crippen molar-refractivity contribution < 1.29 is 4.39 Å². The van der Waals surface area contributed by atoms with Crippen molar-refractivity contribution in [1.82, 2.24) is 10.2 Å². The summed E-state index contributed by atoms with van der Waals surface area (Å²) < 4.78 is 13.8. The van der Waals surface area contributed by atoms with Crippen LogP contribution in [0.15, 0.2) is 18.2 Å². The van der Waals surface area contributed by atoms with E-state index < -0.39 is 0 Å². The van der Waals surface area contributed by atoms with E-state index in [0.29, 0.717) is 12.1 Å². The second-order valence-corrected chi connectivity index (χ2v) is 5.71. The van der Waals surface area contributed by atoms with Gasteiger partial charge in [-0.1, -0.05) is 23.7 Å². The standard InChI is InChI=1S/C14H20ClFN2/c1-14(17-2)6-8-18(9-7-14)10-11-4-3-5-12(15)13(11)16/h3-5,17H,6-10H2,1-2H3. The third-order valence-corrected chi connectivity index (χ3v) is 4.28. The lowest BCUT2D eigenvalue weighted by atomic mass is 9.90. The Bertz CT molecular complexity index is 414. The van der Waals surface area contributed by atoms with Gasteiger partial charge in [0.1, 0.15) is 5.82 Å². The summed E-state index contributed by atoms with van der Waals surface area (Å²) in [6.07, 6.45) is 2.18. The molecule has 100 valence electrons. The fourth-order valence-electron chi connectivity index (χ4n) is 2.37. The molecule has 4 heteroatoms. The summed E-state index contributed by atoms with van der Waals surface area (Å²) >= 11 is 5.80. The van der Waals surface area contributed by atoms with Crippen molar-refractivity contribution >= 4 is 11.6 Å². The second-order valence-electron chi connectivity index (χ2n) is 5.30. The van der Waals surface area contributed by atoms with E-state index >= 15 is 0 Å². The lowest BCUT2D eigenvalue weighted by molar-refractivity contribution is 0.145. The summed E-state index contributed by atoms with van der Waals surface area (Å²) in [4.78, 5) is 2.29. The highest BCUT2D eigenvalue weighted by atomic mass is 35.5. The lowest BCUT2D eigenvalue weighted by Crippen LogP contribution is -2.49. The van der Waals surface area contributed by atoms with Gasteiger partial charge in [-0.15, -0.1) is 0 Å². The molecule has 0 aliphatic carbocycles. The normalized spacial score (nSPS) is 20.0. The zero-order valence-corrected chi connectivity index (χ0v) is 11.7. The van der Waals surface area contributed by atoms with Gasteiger partial charge in [-0.05, 0) is 32.9 Å². The van der Waals surface area contributed by atoms with Crippen molar-refractivity contribution in [3.05, 3.63) is 34.6 Å². The predicted molar refractivity (Wildman–Crippen MR) is 73.4 cm³/mol. The molecular weight excluding hydrogens is 251 g/mol. The Morgan fingerprint density at radius 3 is 2.67 bits per heavy atom. The van der Waals surface area contributed by atoms with Crippen LogP contribution in [0.4, 0.5) is 4.39 Å².